The van der Waals surface area contributed by atoms with Gasteiger partial charge in [-0.25, -0.2) is 14.6 Å². The minimum absolute atomic E-state index is 0.0715. The number of nitrogens with one attached hydrogen (secondary N) is 2. The lowest BCUT2D eigenvalue weighted by Gasteiger charge is -2.19. The number of carbonyl (C=O) groups is 3. The standard InChI is InChI=1S/C14H17N7O6/c1-6(22)10(13(24)25)19-14(26)18-7(4-9(15)23)12-20-11(21-27-12)8-5-16-2-3-17-8/h2-3,5-7,10,22H,4H2,1H3,(H2,15,23)(H,24,25)(H2,18,19,26)/t6?,7-,10-/m0/s1. The molecule has 3 amide bonds. The summed E-state index contributed by atoms with van der Waals surface area (Å²) in [5, 5.41) is 26.5. The van der Waals surface area contributed by atoms with Gasteiger partial charge < -0.3 is 31.1 Å². The Morgan fingerprint density at radius 3 is 2.59 bits per heavy atom. The largest absolute Gasteiger partial charge is 0.480 e. The lowest BCUT2D eigenvalue weighted by molar-refractivity contribution is -0.141. The molecule has 0 aromatic carbocycles. The Kier molecular flexibility index (Phi) is 6.32. The molecule has 27 heavy (non-hydrogen) atoms. The number of hydrogen-bond acceptors (Lipinski definition) is 9. The molecule has 0 aliphatic rings. The fourth-order valence-electron chi connectivity index (χ4n) is 2.03. The van der Waals surface area contributed by atoms with Crippen molar-refractivity contribution < 1.29 is 29.1 Å². The van der Waals surface area contributed by atoms with Crippen molar-refractivity contribution in [1.29, 1.82) is 0 Å². The molecular formula is C14H17N7O6. The number of amides is 3. The van der Waals surface area contributed by atoms with Gasteiger partial charge in [-0.2, -0.15) is 4.98 Å². The number of carbonyl (C=O) groups excluding carboxylic acids is 2. The fourth-order valence-corrected chi connectivity index (χ4v) is 2.03. The van der Waals surface area contributed by atoms with E-state index in [1.165, 1.54) is 25.5 Å². The van der Waals surface area contributed by atoms with Gasteiger partial charge in [0.25, 0.3) is 0 Å². The molecular weight excluding hydrogens is 362 g/mol. The van der Waals surface area contributed by atoms with Gasteiger partial charge in [0.15, 0.2) is 6.04 Å². The van der Waals surface area contributed by atoms with Gasteiger partial charge in [0.1, 0.15) is 11.7 Å². The first-order valence-corrected chi connectivity index (χ1v) is 7.64. The third kappa shape index (κ3) is 5.43. The Balaban J connectivity index is 2.16. The lowest BCUT2D eigenvalue weighted by Crippen LogP contribution is -2.52. The number of nitrogens with zero attached hydrogens (tertiary/aromatic N) is 4. The van der Waals surface area contributed by atoms with E-state index in [0.717, 1.165) is 0 Å². The highest BCUT2D eigenvalue weighted by Gasteiger charge is 2.28. The van der Waals surface area contributed by atoms with Crippen molar-refractivity contribution in [2.75, 3.05) is 0 Å². The number of primary amides is 1. The average molecular weight is 379 g/mol. The van der Waals surface area contributed by atoms with Gasteiger partial charge in [-0.1, -0.05) is 5.16 Å². The van der Waals surface area contributed by atoms with E-state index in [9.17, 15) is 19.5 Å². The molecule has 0 saturated heterocycles. The monoisotopic (exact) mass is 379 g/mol. The van der Waals surface area contributed by atoms with Gasteiger partial charge in [0.05, 0.1) is 18.7 Å². The van der Waals surface area contributed by atoms with Gasteiger partial charge >= 0.3 is 12.0 Å². The van der Waals surface area contributed by atoms with E-state index in [4.69, 9.17) is 15.4 Å². The van der Waals surface area contributed by atoms with Crippen molar-refractivity contribution in [3.05, 3.63) is 24.5 Å². The molecule has 6 N–H and O–H groups in total. The number of rotatable bonds is 8. The topological polar surface area (TPSA) is 206 Å². The number of aromatic nitrogens is 4. The zero-order valence-electron chi connectivity index (χ0n) is 14.1. The van der Waals surface area contributed by atoms with Crippen LogP contribution in [0.5, 0.6) is 0 Å². The maximum Gasteiger partial charge on any atom is 0.328 e. The Bertz CT molecular complexity index is 809. The molecule has 0 aliphatic heterocycles. The SMILES string of the molecule is CC(O)[C@H](NC(=O)N[C@@H](CC(N)=O)c1nc(-c2cnccn2)no1)C(=O)O. The number of nitrogens with two attached hydrogens (primary N) is 1. The highest BCUT2D eigenvalue weighted by molar-refractivity contribution is 5.83. The van der Waals surface area contributed by atoms with E-state index in [2.05, 4.69) is 30.7 Å². The quantitative estimate of drug-likeness (QED) is 0.361. The summed E-state index contributed by atoms with van der Waals surface area (Å²) in [7, 11) is 0. The van der Waals surface area contributed by atoms with E-state index in [-0.39, 0.29) is 18.1 Å². The van der Waals surface area contributed by atoms with Crippen molar-refractivity contribution in [3.63, 3.8) is 0 Å². The molecule has 3 atom stereocenters. The Morgan fingerprint density at radius 1 is 1.30 bits per heavy atom. The first kappa shape index (κ1) is 19.7. The second-order valence-electron chi connectivity index (χ2n) is 5.44. The summed E-state index contributed by atoms with van der Waals surface area (Å²) in [6.07, 6.45) is 2.52. The number of hydrogen-bond donors (Lipinski definition) is 5. The summed E-state index contributed by atoms with van der Waals surface area (Å²) in [4.78, 5) is 46.3. The molecule has 2 aromatic heterocycles. The molecule has 144 valence electrons. The van der Waals surface area contributed by atoms with Crippen LogP contribution in [0.2, 0.25) is 0 Å². The van der Waals surface area contributed by atoms with Crippen LogP contribution in [0.1, 0.15) is 25.3 Å². The number of carboxylic acids is 1. The molecule has 13 nitrogen and oxygen atoms in total. The van der Waals surface area contributed by atoms with Crippen LogP contribution in [0.3, 0.4) is 0 Å². The highest BCUT2D eigenvalue weighted by Crippen LogP contribution is 2.18. The second kappa shape index (κ2) is 8.66. The number of aliphatic hydroxyl groups excluding tert-OH is 1. The summed E-state index contributed by atoms with van der Waals surface area (Å²) >= 11 is 0. The van der Waals surface area contributed by atoms with Crippen LogP contribution in [0.15, 0.2) is 23.1 Å². The molecule has 13 heteroatoms. The summed E-state index contributed by atoms with van der Waals surface area (Å²) < 4.78 is 5.04. The van der Waals surface area contributed by atoms with Crippen LogP contribution < -0.4 is 16.4 Å². The van der Waals surface area contributed by atoms with Crippen LogP contribution in [0.25, 0.3) is 11.5 Å². The van der Waals surface area contributed by atoms with Gasteiger partial charge in [0.2, 0.25) is 17.6 Å². The Labute approximate surface area is 152 Å². The Hall–Kier alpha value is -3.61. The third-order valence-corrected chi connectivity index (χ3v) is 3.28. The number of aliphatic carboxylic acids is 1. The molecule has 0 aliphatic carbocycles. The molecule has 2 aromatic rings. The average Bonchev–Trinajstić information content (AvgIpc) is 3.09. The predicted octanol–water partition coefficient (Wildman–Crippen LogP) is -1.42. The maximum atomic E-state index is 12.0. The van der Waals surface area contributed by atoms with E-state index in [0.29, 0.717) is 5.69 Å². The van der Waals surface area contributed by atoms with E-state index in [1.807, 2.05) is 0 Å². The predicted molar refractivity (Wildman–Crippen MR) is 86.6 cm³/mol. The van der Waals surface area contributed by atoms with Crippen LogP contribution in [0.4, 0.5) is 4.79 Å². The second-order valence-corrected chi connectivity index (χ2v) is 5.44. The summed E-state index contributed by atoms with van der Waals surface area (Å²) in [5.41, 5.74) is 5.47. The highest BCUT2D eigenvalue weighted by atomic mass is 16.5. The minimum atomic E-state index is -1.56. The zero-order chi connectivity index (χ0) is 20.0. The van der Waals surface area contributed by atoms with Crippen LogP contribution >= 0.6 is 0 Å². The Morgan fingerprint density at radius 2 is 2.04 bits per heavy atom. The van der Waals surface area contributed by atoms with Crippen LogP contribution in [0, 0.1) is 0 Å². The van der Waals surface area contributed by atoms with Crippen LogP contribution in [-0.2, 0) is 9.59 Å². The van der Waals surface area contributed by atoms with Gasteiger partial charge in [-0.3, -0.25) is 9.78 Å². The van der Waals surface area contributed by atoms with Crippen molar-refractivity contribution in [2.45, 2.75) is 31.5 Å². The molecule has 2 rings (SSSR count). The van der Waals surface area contributed by atoms with Gasteiger partial charge in [-0.15, -0.1) is 0 Å². The minimum Gasteiger partial charge on any atom is -0.480 e. The van der Waals surface area contributed by atoms with Crippen molar-refractivity contribution >= 4 is 17.9 Å². The van der Waals surface area contributed by atoms with Crippen molar-refractivity contribution in [2.24, 2.45) is 5.73 Å². The number of aliphatic hydroxyl groups is 1. The fraction of sp³-hybridized carbons (Fsp3) is 0.357. The summed E-state index contributed by atoms with van der Waals surface area (Å²) in [6, 6.07) is -3.66. The zero-order valence-corrected chi connectivity index (χ0v) is 14.1. The molecule has 0 bridgehead atoms. The summed E-state index contributed by atoms with van der Waals surface area (Å²) in [5.74, 6) is -2.28. The molecule has 0 saturated carbocycles. The van der Waals surface area contributed by atoms with Gasteiger partial charge in [0, 0.05) is 12.4 Å². The number of carboxylic acid groups (broad SMARTS) is 1. The molecule has 0 fully saturated rings. The maximum absolute atomic E-state index is 12.0. The van der Waals surface area contributed by atoms with Crippen molar-refractivity contribution in [1.82, 2.24) is 30.7 Å². The molecule has 0 spiro atoms. The lowest BCUT2D eigenvalue weighted by atomic mass is 10.2. The molecule has 2 heterocycles. The molecule has 1 unspecified atom stereocenters. The van der Waals surface area contributed by atoms with Crippen LogP contribution in [-0.4, -0.2) is 60.4 Å². The normalized spacial score (nSPS) is 14.0. The first-order valence-electron chi connectivity index (χ1n) is 7.64. The smallest absolute Gasteiger partial charge is 0.328 e. The van der Waals surface area contributed by atoms with E-state index in [1.54, 1.807) is 0 Å². The van der Waals surface area contributed by atoms with Gasteiger partial charge in [-0.05, 0) is 6.92 Å². The third-order valence-electron chi connectivity index (χ3n) is 3.28. The van der Waals surface area contributed by atoms with E-state index < -0.39 is 36.1 Å². The summed E-state index contributed by atoms with van der Waals surface area (Å²) in [6.45, 7) is 1.20. The van der Waals surface area contributed by atoms with Crippen molar-refractivity contribution in [3.8, 4) is 11.5 Å². The van der Waals surface area contributed by atoms with E-state index >= 15 is 0 Å². The molecule has 0 radical (unpaired) electrons. The number of urea groups is 1. The first-order chi connectivity index (χ1) is 12.8.